The third-order valence-corrected chi connectivity index (χ3v) is 4.34. The number of rotatable bonds is 2. The second-order valence-electron chi connectivity index (χ2n) is 5.96. The summed E-state index contributed by atoms with van der Waals surface area (Å²) >= 11 is 0. The van der Waals surface area contributed by atoms with Gasteiger partial charge in [0.2, 0.25) is 5.91 Å². The van der Waals surface area contributed by atoms with E-state index in [-0.39, 0.29) is 11.3 Å². The minimum absolute atomic E-state index is 0.183. The molecule has 2 heterocycles. The molecule has 2 N–H and O–H groups in total. The summed E-state index contributed by atoms with van der Waals surface area (Å²) in [7, 11) is 0. The van der Waals surface area contributed by atoms with Gasteiger partial charge in [-0.3, -0.25) is 10.2 Å². The van der Waals surface area contributed by atoms with Crippen LogP contribution < -0.4 is 10.7 Å². The van der Waals surface area contributed by atoms with Gasteiger partial charge in [0.25, 0.3) is 0 Å². The number of nitrogens with zero attached hydrogens (tertiary/aromatic N) is 1. The number of hydrogen-bond donors (Lipinski definition) is 2. The fraction of sp³-hybridized carbons (Fsp3) is 0.923. The summed E-state index contributed by atoms with van der Waals surface area (Å²) in [4.78, 5) is 12.3. The molecule has 3 unspecified atom stereocenters. The van der Waals surface area contributed by atoms with Gasteiger partial charge in [0, 0.05) is 18.6 Å². The molecule has 2 aliphatic heterocycles. The quantitative estimate of drug-likeness (QED) is 0.763. The maximum Gasteiger partial charge on any atom is 0.241 e. The minimum atomic E-state index is -0.225. The predicted molar refractivity (Wildman–Crippen MR) is 68.4 cm³/mol. The van der Waals surface area contributed by atoms with Gasteiger partial charge in [-0.2, -0.15) is 0 Å². The topological polar surface area (TPSA) is 44.4 Å². The monoisotopic (exact) mass is 239 g/mol. The van der Waals surface area contributed by atoms with Crippen molar-refractivity contribution >= 4 is 5.91 Å². The van der Waals surface area contributed by atoms with E-state index >= 15 is 0 Å². The molecule has 0 saturated carbocycles. The Morgan fingerprint density at radius 3 is 2.53 bits per heavy atom. The molecule has 0 bridgehead atoms. The van der Waals surface area contributed by atoms with Crippen molar-refractivity contribution < 1.29 is 4.79 Å². The number of hydrazine groups is 1. The van der Waals surface area contributed by atoms with E-state index in [1.807, 2.05) is 0 Å². The third-order valence-electron chi connectivity index (χ3n) is 4.34. The largest absolute Gasteiger partial charge is 0.316 e. The fourth-order valence-electron chi connectivity index (χ4n) is 2.90. The van der Waals surface area contributed by atoms with Gasteiger partial charge in [-0.25, -0.2) is 5.01 Å². The molecule has 2 saturated heterocycles. The standard InChI is InChI=1S/C13H25N3O/c1-10-5-4-6-11(2)16(10)15-12(17)13(3)7-8-14-9-13/h10-11,14H,4-9H2,1-3H3,(H,15,17). The number of hydrogen-bond acceptors (Lipinski definition) is 3. The maximum atomic E-state index is 12.3. The van der Waals surface area contributed by atoms with Crippen molar-refractivity contribution in [3.8, 4) is 0 Å². The minimum Gasteiger partial charge on any atom is -0.316 e. The number of nitrogens with one attached hydrogen (secondary N) is 2. The second kappa shape index (κ2) is 4.94. The van der Waals surface area contributed by atoms with Crippen molar-refractivity contribution in [3.63, 3.8) is 0 Å². The molecule has 2 aliphatic rings. The first-order valence-corrected chi connectivity index (χ1v) is 6.83. The third kappa shape index (κ3) is 2.63. The Hall–Kier alpha value is -0.610. The van der Waals surface area contributed by atoms with Gasteiger partial charge in [-0.15, -0.1) is 0 Å². The number of piperidine rings is 1. The average molecular weight is 239 g/mol. The lowest BCUT2D eigenvalue weighted by molar-refractivity contribution is -0.137. The van der Waals surface area contributed by atoms with E-state index in [9.17, 15) is 4.79 Å². The Morgan fingerprint density at radius 1 is 1.35 bits per heavy atom. The summed E-state index contributed by atoms with van der Waals surface area (Å²) in [6.45, 7) is 8.21. The maximum absolute atomic E-state index is 12.3. The van der Waals surface area contributed by atoms with Gasteiger partial charge in [0.15, 0.2) is 0 Å². The van der Waals surface area contributed by atoms with Crippen LogP contribution in [0.15, 0.2) is 0 Å². The fourth-order valence-corrected chi connectivity index (χ4v) is 2.90. The van der Waals surface area contributed by atoms with Crippen LogP contribution in [0, 0.1) is 5.41 Å². The van der Waals surface area contributed by atoms with Crippen LogP contribution >= 0.6 is 0 Å². The summed E-state index contributed by atoms with van der Waals surface area (Å²) in [6, 6.07) is 0.918. The second-order valence-corrected chi connectivity index (χ2v) is 5.96. The number of carbonyl (C=O) groups excluding carboxylic acids is 1. The van der Waals surface area contributed by atoms with Crippen LogP contribution in [0.3, 0.4) is 0 Å². The Balaban J connectivity index is 1.97. The van der Waals surface area contributed by atoms with Crippen LogP contribution in [0.1, 0.15) is 46.5 Å². The molecular formula is C13H25N3O. The highest BCUT2D eigenvalue weighted by atomic mass is 16.2. The number of carbonyl (C=O) groups is 1. The lowest BCUT2D eigenvalue weighted by Crippen LogP contribution is -2.57. The first kappa shape index (κ1) is 12.8. The van der Waals surface area contributed by atoms with E-state index in [4.69, 9.17) is 0 Å². The van der Waals surface area contributed by atoms with Crippen molar-refractivity contribution in [3.05, 3.63) is 0 Å². The molecule has 0 radical (unpaired) electrons. The zero-order valence-electron chi connectivity index (χ0n) is 11.3. The normalized spacial score (nSPS) is 39.2. The van der Waals surface area contributed by atoms with E-state index in [1.165, 1.54) is 19.3 Å². The smallest absolute Gasteiger partial charge is 0.241 e. The highest BCUT2D eigenvalue weighted by Gasteiger charge is 2.38. The predicted octanol–water partition coefficient (Wildman–Crippen LogP) is 1.28. The molecule has 4 nitrogen and oxygen atoms in total. The molecule has 2 fully saturated rings. The van der Waals surface area contributed by atoms with Crippen LogP contribution in [-0.4, -0.2) is 36.1 Å². The molecule has 0 aromatic rings. The highest BCUT2D eigenvalue weighted by Crippen LogP contribution is 2.26. The summed E-state index contributed by atoms with van der Waals surface area (Å²) in [5, 5.41) is 5.44. The molecule has 1 amide bonds. The molecule has 0 aliphatic carbocycles. The van der Waals surface area contributed by atoms with Gasteiger partial charge in [0.05, 0.1) is 5.41 Å². The summed E-state index contributed by atoms with van der Waals surface area (Å²) < 4.78 is 0. The Kier molecular flexibility index (Phi) is 3.73. The van der Waals surface area contributed by atoms with Crippen LogP contribution in [0.2, 0.25) is 0 Å². The van der Waals surface area contributed by atoms with Gasteiger partial charge in [-0.1, -0.05) is 6.42 Å². The SMILES string of the molecule is CC1CCCC(C)N1NC(=O)C1(C)CCNC1. The highest BCUT2D eigenvalue weighted by molar-refractivity contribution is 5.82. The van der Waals surface area contributed by atoms with Crippen molar-refractivity contribution in [2.45, 2.75) is 58.5 Å². The lowest BCUT2D eigenvalue weighted by Gasteiger charge is -2.40. The molecule has 2 rings (SSSR count). The molecule has 98 valence electrons. The molecule has 3 atom stereocenters. The van der Waals surface area contributed by atoms with Crippen LogP contribution in [0.5, 0.6) is 0 Å². The molecule has 17 heavy (non-hydrogen) atoms. The van der Waals surface area contributed by atoms with Crippen molar-refractivity contribution in [1.82, 2.24) is 15.8 Å². The average Bonchev–Trinajstić information content (AvgIpc) is 2.72. The summed E-state index contributed by atoms with van der Waals surface area (Å²) in [5.74, 6) is 0.183. The molecular weight excluding hydrogens is 214 g/mol. The van der Waals surface area contributed by atoms with E-state index in [2.05, 4.69) is 36.5 Å². The zero-order valence-corrected chi connectivity index (χ0v) is 11.3. The van der Waals surface area contributed by atoms with Gasteiger partial charge >= 0.3 is 0 Å². The van der Waals surface area contributed by atoms with Crippen LogP contribution in [0.4, 0.5) is 0 Å². The summed E-state index contributed by atoms with van der Waals surface area (Å²) in [5.41, 5.74) is 2.93. The Morgan fingerprint density at radius 2 is 2.00 bits per heavy atom. The van der Waals surface area contributed by atoms with Crippen molar-refractivity contribution in [2.24, 2.45) is 5.41 Å². The Bertz CT molecular complexity index is 276. The van der Waals surface area contributed by atoms with E-state index in [1.54, 1.807) is 0 Å². The van der Waals surface area contributed by atoms with Crippen molar-refractivity contribution in [1.29, 1.82) is 0 Å². The lowest BCUT2D eigenvalue weighted by atomic mass is 9.89. The Labute approximate surface area is 104 Å². The van der Waals surface area contributed by atoms with E-state index < -0.39 is 0 Å². The van der Waals surface area contributed by atoms with Gasteiger partial charge in [-0.05, 0) is 46.6 Å². The van der Waals surface area contributed by atoms with Crippen LogP contribution in [-0.2, 0) is 4.79 Å². The van der Waals surface area contributed by atoms with Gasteiger partial charge in [0.1, 0.15) is 0 Å². The molecule has 0 aromatic carbocycles. The molecule has 0 aromatic heterocycles. The molecule has 0 spiro atoms. The van der Waals surface area contributed by atoms with Crippen molar-refractivity contribution in [2.75, 3.05) is 13.1 Å². The zero-order chi connectivity index (χ0) is 12.5. The van der Waals surface area contributed by atoms with E-state index in [0.717, 1.165) is 19.5 Å². The van der Waals surface area contributed by atoms with Crippen LogP contribution in [0.25, 0.3) is 0 Å². The number of amides is 1. The first-order valence-electron chi connectivity index (χ1n) is 6.83. The summed E-state index contributed by atoms with van der Waals surface area (Å²) in [6.07, 6.45) is 4.57. The van der Waals surface area contributed by atoms with E-state index in [0.29, 0.717) is 12.1 Å². The van der Waals surface area contributed by atoms with Gasteiger partial charge < -0.3 is 5.32 Å². The first-order chi connectivity index (χ1) is 8.03. The molecule has 4 heteroatoms.